The Morgan fingerprint density at radius 1 is 0.636 bits per heavy atom. The lowest BCUT2D eigenvalue weighted by Crippen LogP contribution is -2.14. The van der Waals surface area contributed by atoms with Crippen molar-refractivity contribution in [2.24, 2.45) is 0 Å². The van der Waals surface area contributed by atoms with Crippen LogP contribution in [0.1, 0.15) is 20.7 Å². The highest BCUT2D eigenvalue weighted by atomic mass is 16.2. The molecule has 1 heterocycles. The van der Waals surface area contributed by atoms with E-state index < -0.39 is 11.6 Å². The Morgan fingerprint density at radius 2 is 1.27 bits per heavy atom. The second-order valence-corrected chi connectivity index (χ2v) is 4.84. The van der Waals surface area contributed by atoms with E-state index in [2.05, 4.69) is 4.98 Å². The maximum atomic E-state index is 12.4. The largest absolute Gasteiger partial charge is 0.285 e. The lowest BCUT2D eigenvalue weighted by atomic mass is 9.98. The van der Waals surface area contributed by atoms with Crippen molar-refractivity contribution >= 4 is 11.6 Å². The standard InChI is InChI=1S/C19H13NO2/c21-18(15-9-11-20-12-10-15)19(22)17-8-4-7-16(13-17)14-5-2-1-3-6-14/h1-13H. The van der Waals surface area contributed by atoms with Gasteiger partial charge in [-0.3, -0.25) is 14.6 Å². The lowest BCUT2D eigenvalue weighted by Gasteiger charge is -2.05. The zero-order valence-corrected chi connectivity index (χ0v) is 11.8. The Hall–Kier alpha value is -3.07. The summed E-state index contributed by atoms with van der Waals surface area (Å²) in [5, 5.41) is 0. The topological polar surface area (TPSA) is 47.0 Å². The molecule has 3 aromatic rings. The number of carbonyl (C=O) groups is 2. The molecule has 2 aromatic carbocycles. The Labute approximate surface area is 128 Å². The first-order valence-electron chi connectivity index (χ1n) is 6.90. The molecule has 22 heavy (non-hydrogen) atoms. The van der Waals surface area contributed by atoms with Crippen molar-refractivity contribution < 1.29 is 9.59 Å². The molecule has 0 aliphatic heterocycles. The zero-order valence-electron chi connectivity index (χ0n) is 11.8. The van der Waals surface area contributed by atoms with E-state index in [1.54, 1.807) is 30.3 Å². The summed E-state index contributed by atoms with van der Waals surface area (Å²) in [5.74, 6) is -1.03. The average Bonchev–Trinajstić information content (AvgIpc) is 2.62. The molecule has 0 spiro atoms. The van der Waals surface area contributed by atoms with Crippen LogP contribution in [0.15, 0.2) is 79.1 Å². The zero-order chi connectivity index (χ0) is 15.4. The molecule has 1 aromatic heterocycles. The van der Waals surface area contributed by atoms with E-state index in [-0.39, 0.29) is 0 Å². The molecule has 106 valence electrons. The summed E-state index contributed by atoms with van der Waals surface area (Å²) in [4.78, 5) is 28.4. The van der Waals surface area contributed by atoms with Gasteiger partial charge in [0.15, 0.2) is 0 Å². The van der Waals surface area contributed by atoms with Gasteiger partial charge in [0, 0.05) is 23.5 Å². The fourth-order valence-corrected chi connectivity index (χ4v) is 2.24. The molecule has 0 N–H and O–H groups in total. The van der Waals surface area contributed by atoms with Crippen LogP contribution in [0.5, 0.6) is 0 Å². The van der Waals surface area contributed by atoms with Gasteiger partial charge in [-0.15, -0.1) is 0 Å². The van der Waals surface area contributed by atoms with E-state index in [9.17, 15) is 9.59 Å². The number of pyridine rings is 1. The smallest absolute Gasteiger partial charge is 0.233 e. The van der Waals surface area contributed by atoms with Crippen LogP contribution in [0.4, 0.5) is 0 Å². The van der Waals surface area contributed by atoms with Crippen LogP contribution in [-0.4, -0.2) is 16.6 Å². The van der Waals surface area contributed by atoms with Gasteiger partial charge in [-0.2, -0.15) is 0 Å². The number of ketones is 2. The van der Waals surface area contributed by atoms with Crippen molar-refractivity contribution in [1.29, 1.82) is 0 Å². The molecule has 0 unspecified atom stereocenters. The van der Waals surface area contributed by atoms with E-state index in [1.165, 1.54) is 12.4 Å². The van der Waals surface area contributed by atoms with Crippen LogP contribution < -0.4 is 0 Å². The highest BCUT2D eigenvalue weighted by Crippen LogP contribution is 2.20. The molecular formula is C19H13NO2. The quantitative estimate of drug-likeness (QED) is 0.541. The third kappa shape index (κ3) is 2.83. The van der Waals surface area contributed by atoms with Gasteiger partial charge in [-0.05, 0) is 29.3 Å². The molecule has 0 radical (unpaired) electrons. The number of hydrogen-bond acceptors (Lipinski definition) is 3. The molecule has 3 nitrogen and oxygen atoms in total. The van der Waals surface area contributed by atoms with Crippen LogP contribution in [0, 0.1) is 0 Å². The number of carbonyl (C=O) groups excluding carboxylic acids is 2. The monoisotopic (exact) mass is 287 g/mol. The first kappa shape index (κ1) is 13.9. The number of rotatable bonds is 4. The third-order valence-corrected chi connectivity index (χ3v) is 3.38. The molecule has 0 fully saturated rings. The van der Waals surface area contributed by atoms with Gasteiger partial charge >= 0.3 is 0 Å². The number of hydrogen-bond donors (Lipinski definition) is 0. The summed E-state index contributed by atoms with van der Waals surface area (Å²) < 4.78 is 0. The van der Waals surface area contributed by atoms with Gasteiger partial charge in [0.05, 0.1) is 0 Å². The summed E-state index contributed by atoms with van der Waals surface area (Å²) in [6.45, 7) is 0. The predicted octanol–water partition coefficient (Wildman–Crippen LogP) is 3.81. The first-order chi connectivity index (χ1) is 10.8. The molecule has 0 bridgehead atoms. The second-order valence-electron chi connectivity index (χ2n) is 4.84. The minimum absolute atomic E-state index is 0.352. The minimum atomic E-state index is -0.521. The molecule has 3 rings (SSSR count). The van der Waals surface area contributed by atoms with Gasteiger partial charge in [-0.25, -0.2) is 0 Å². The van der Waals surface area contributed by atoms with E-state index in [0.29, 0.717) is 11.1 Å². The van der Waals surface area contributed by atoms with Crippen molar-refractivity contribution in [2.75, 3.05) is 0 Å². The van der Waals surface area contributed by atoms with E-state index in [0.717, 1.165) is 11.1 Å². The van der Waals surface area contributed by atoms with Crippen LogP contribution in [0.25, 0.3) is 11.1 Å². The van der Waals surface area contributed by atoms with E-state index in [1.807, 2.05) is 36.4 Å². The molecule has 0 saturated heterocycles. The van der Waals surface area contributed by atoms with Gasteiger partial charge in [-0.1, -0.05) is 48.5 Å². The van der Waals surface area contributed by atoms with Crippen molar-refractivity contribution in [2.45, 2.75) is 0 Å². The van der Waals surface area contributed by atoms with Gasteiger partial charge < -0.3 is 0 Å². The fourth-order valence-electron chi connectivity index (χ4n) is 2.24. The normalized spacial score (nSPS) is 10.2. The van der Waals surface area contributed by atoms with Gasteiger partial charge in [0.1, 0.15) is 0 Å². The van der Waals surface area contributed by atoms with Crippen LogP contribution in [0.2, 0.25) is 0 Å². The summed E-state index contributed by atoms with van der Waals surface area (Å²) in [6.07, 6.45) is 3.00. The molecule has 0 aliphatic rings. The van der Waals surface area contributed by atoms with Crippen LogP contribution >= 0.6 is 0 Å². The Kier molecular flexibility index (Phi) is 3.88. The summed E-state index contributed by atoms with van der Waals surface area (Å²) in [7, 11) is 0. The second kappa shape index (κ2) is 6.14. The lowest BCUT2D eigenvalue weighted by molar-refractivity contribution is 0.0817. The average molecular weight is 287 g/mol. The van der Waals surface area contributed by atoms with Crippen molar-refractivity contribution in [3.8, 4) is 11.1 Å². The van der Waals surface area contributed by atoms with Crippen LogP contribution in [-0.2, 0) is 0 Å². The minimum Gasteiger partial charge on any atom is -0.285 e. The van der Waals surface area contributed by atoms with Gasteiger partial charge in [0.2, 0.25) is 11.6 Å². The number of nitrogens with zero attached hydrogens (tertiary/aromatic N) is 1. The van der Waals surface area contributed by atoms with E-state index in [4.69, 9.17) is 0 Å². The Morgan fingerprint density at radius 3 is 2.00 bits per heavy atom. The van der Waals surface area contributed by atoms with Crippen molar-refractivity contribution in [1.82, 2.24) is 4.98 Å². The highest BCUT2D eigenvalue weighted by Gasteiger charge is 2.18. The number of aromatic nitrogens is 1. The van der Waals surface area contributed by atoms with Crippen molar-refractivity contribution in [3.05, 3.63) is 90.3 Å². The molecule has 0 saturated carbocycles. The number of Topliss-reactive ketones (excluding diaryl/α,β-unsaturated/α-hetero) is 2. The summed E-state index contributed by atoms with van der Waals surface area (Å²) >= 11 is 0. The first-order valence-corrected chi connectivity index (χ1v) is 6.90. The summed E-state index contributed by atoms with van der Waals surface area (Å²) in [5.41, 5.74) is 2.66. The maximum Gasteiger partial charge on any atom is 0.233 e. The molecule has 3 heteroatoms. The van der Waals surface area contributed by atoms with Gasteiger partial charge in [0.25, 0.3) is 0 Å². The third-order valence-electron chi connectivity index (χ3n) is 3.38. The molecule has 0 atom stereocenters. The molecule has 0 aliphatic carbocycles. The van der Waals surface area contributed by atoms with E-state index >= 15 is 0 Å². The number of benzene rings is 2. The predicted molar refractivity (Wildman–Crippen MR) is 84.8 cm³/mol. The van der Waals surface area contributed by atoms with Crippen LogP contribution in [0.3, 0.4) is 0 Å². The summed E-state index contributed by atoms with van der Waals surface area (Å²) in [6, 6.07) is 19.9. The molecule has 0 amide bonds. The Bertz CT molecular complexity index is 811. The molecular weight excluding hydrogens is 274 g/mol. The SMILES string of the molecule is O=C(C(=O)c1cccc(-c2ccccc2)c1)c1ccncc1. The Balaban J connectivity index is 1.93. The highest BCUT2D eigenvalue weighted by molar-refractivity contribution is 6.49. The maximum absolute atomic E-state index is 12.4. The van der Waals surface area contributed by atoms with Crippen molar-refractivity contribution in [3.63, 3.8) is 0 Å². The fraction of sp³-hybridized carbons (Fsp3) is 0.